The third kappa shape index (κ3) is 5.05. The molecule has 0 spiro atoms. The molecular formula is C21H33N3O. The van der Waals surface area contributed by atoms with E-state index in [2.05, 4.69) is 53.6 Å². The highest BCUT2D eigenvalue weighted by molar-refractivity contribution is 5.78. The first kappa shape index (κ1) is 18.4. The second kappa shape index (κ2) is 8.81. The Kier molecular flexibility index (Phi) is 6.49. The molecule has 3 atom stereocenters. The number of nitrogens with zero attached hydrogens (tertiary/aromatic N) is 1. The van der Waals surface area contributed by atoms with E-state index in [1.54, 1.807) is 0 Å². The van der Waals surface area contributed by atoms with Crippen LogP contribution >= 0.6 is 0 Å². The molecule has 0 bridgehead atoms. The molecule has 138 valence electrons. The van der Waals surface area contributed by atoms with Gasteiger partial charge in [0.2, 0.25) is 5.91 Å². The molecule has 25 heavy (non-hydrogen) atoms. The SMILES string of the molecule is CC1CCCCN1Cc1ccccc1CNC(=O)[C@H]1CCN[C@@H](C)C1. The predicted octanol–water partition coefficient (Wildman–Crippen LogP) is 3.07. The fourth-order valence-corrected chi connectivity index (χ4v) is 4.19. The van der Waals surface area contributed by atoms with E-state index >= 15 is 0 Å². The Balaban J connectivity index is 1.58. The van der Waals surface area contributed by atoms with Crippen LogP contribution in [0, 0.1) is 5.92 Å². The molecule has 4 heteroatoms. The van der Waals surface area contributed by atoms with Crippen molar-refractivity contribution in [3.8, 4) is 0 Å². The van der Waals surface area contributed by atoms with E-state index in [9.17, 15) is 4.79 Å². The highest BCUT2D eigenvalue weighted by Crippen LogP contribution is 2.21. The summed E-state index contributed by atoms with van der Waals surface area (Å²) in [6, 6.07) is 9.68. The molecule has 0 aliphatic carbocycles. The van der Waals surface area contributed by atoms with Crippen LogP contribution in [0.1, 0.15) is 57.1 Å². The normalized spacial score (nSPS) is 27.8. The number of amides is 1. The number of hydrogen-bond donors (Lipinski definition) is 2. The average Bonchev–Trinajstić information content (AvgIpc) is 2.62. The first-order valence-corrected chi connectivity index (χ1v) is 9.95. The fraction of sp³-hybridized carbons (Fsp3) is 0.667. The largest absolute Gasteiger partial charge is 0.352 e. The van der Waals surface area contributed by atoms with Crippen LogP contribution < -0.4 is 10.6 Å². The lowest BCUT2D eigenvalue weighted by molar-refractivity contribution is -0.126. The van der Waals surface area contributed by atoms with Gasteiger partial charge in [0.05, 0.1) is 0 Å². The van der Waals surface area contributed by atoms with Gasteiger partial charge in [0, 0.05) is 31.1 Å². The van der Waals surface area contributed by atoms with E-state index in [4.69, 9.17) is 0 Å². The molecule has 2 aliphatic heterocycles. The topological polar surface area (TPSA) is 44.4 Å². The number of hydrogen-bond acceptors (Lipinski definition) is 3. The van der Waals surface area contributed by atoms with E-state index in [0.29, 0.717) is 18.6 Å². The summed E-state index contributed by atoms with van der Waals surface area (Å²) in [6.45, 7) is 8.28. The maximum Gasteiger partial charge on any atom is 0.223 e. The molecule has 0 saturated carbocycles. The van der Waals surface area contributed by atoms with Gasteiger partial charge >= 0.3 is 0 Å². The minimum absolute atomic E-state index is 0.158. The van der Waals surface area contributed by atoms with Crippen LogP contribution in [0.3, 0.4) is 0 Å². The summed E-state index contributed by atoms with van der Waals surface area (Å²) in [7, 11) is 0. The molecule has 1 aromatic rings. The van der Waals surface area contributed by atoms with Crippen molar-refractivity contribution in [3.63, 3.8) is 0 Å². The zero-order chi connectivity index (χ0) is 17.6. The van der Waals surface area contributed by atoms with Gasteiger partial charge in [-0.1, -0.05) is 30.7 Å². The number of nitrogens with one attached hydrogen (secondary N) is 2. The quantitative estimate of drug-likeness (QED) is 0.864. The average molecular weight is 344 g/mol. The summed E-state index contributed by atoms with van der Waals surface area (Å²) >= 11 is 0. The zero-order valence-electron chi connectivity index (χ0n) is 15.8. The molecule has 3 rings (SSSR count). The molecule has 2 saturated heterocycles. The number of likely N-dealkylation sites (tertiary alicyclic amines) is 1. The molecule has 1 amide bonds. The predicted molar refractivity (Wildman–Crippen MR) is 102 cm³/mol. The van der Waals surface area contributed by atoms with Crippen LogP contribution in [-0.4, -0.2) is 36.0 Å². The standard InChI is InChI=1S/C21H33N3O/c1-16-13-18(10-11-22-16)21(25)23-14-19-8-3-4-9-20(19)15-24-12-6-5-7-17(24)2/h3-4,8-9,16-18,22H,5-7,10-15H2,1-2H3,(H,23,25)/t16-,17?,18-/m0/s1. The lowest BCUT2D eigenvalue weighted by Gasteiger charge is -2.34. The smallest absolute Gasteiger partial charge is 0.223 e. The van der Waals surface area contributed by atoms with Crippen molar-refractivity contribution in [2.45, 2.75) is 71.1 Å². The van der Waals surface area contributed by atoms with Crippen molar-refractivity contribution < 1.29 is 4.79 Å². The van der Waals surface area contributed by atoms with Gasteiger partial charge in [-0.2, -0.15) is 0 Å². The van der Waals surface area contributed by atoms with Crippen molar-refractivity contribution in [1.82, 2.24) is 15.5 Å². The number of piperidine rings is 2. The van der Waals surface area contributed by atoms with Crippen LogP contribution in [0.4, 0.5) is 0 Å². The van der Waals surface area contributed by atoms with Gasteiger partial charge < -0.3 is 10.6 Å². The van der Waals surface area contributed by atoms with Crippen molar-refractivity contribution in [2.75, 3.05) is 13.1 Å². The van der Waals surface area contributed by atoms with Gasteiger partial charge in [-0.25, -0.2) is 0 Å². The van der Waals surface area contributed by atoms with Crippen LogP contribution in [0.15, 0.2) is 24.3 Å². The zero-order valence-corrected chi connectivity index (χ0v) is 15.8. The Morgan fingerprint density at radius 3 is 2.76 bits per heavy atom. The summed E-state index contributed by atoms with van der Waals surface area (Å²) in [6.07, 6.45) is 5.84. The highest BCUT2D eigenvalue weighted by Gasteiger charge is 2.24. The van der Waals surface area contributed by atoms with E-state index in [-0.39, 0.29) is 11.8 Å². The Hall–Kier alpha value is -1.39. The van der Waals surface area contributed by atoms with Gasteiger partial charge in [-0.3, -0.25) is 9.69 Å². The van der Waals surface area contributed by atoms with Gasteiger partial charge in [0.15, 0.2) is 0 Å². The first-order chi connectivity index (χ1) is 12.1. The van der Waals surface area contributed by atoms with Crippen LogP contribution in [0.5, 0.6) is 0 Å². The number of rotatable bonds is 5. The second-order valence-corrected chi connectivity index (χ2v) is 7.88. The van der Waals surface area contributed by atoms with E-state index in [1.165, 1.54) is 36.9 Å². The van der Waals surface area contributed by atoms with Gasteiger partial charge in [-0.05, 0) is 63.7 Å². The van der Waals surface area contributed by atoms with E-state index in [0.717, 1.165) is 25.9 Å². The van der Waals surface area contributed by atoms with Crippen molar-refractivity contribution >= 4 is 5.91 Å². The summed E-state index contributed by atoms with van der Waals surface area (Å²) in [5, 5.41) is 6.61. The van der Waals surface area contributed by atoms with Crippen LogP contribution in [-0.2, 0) is 17.9 Å². The highest BCUT2D eigenvalue weighted by atomic mass is 16.1. The minimum atomic E-state index is 0.158. The fourth-order valence-electron chi connectivity index (χ4n) is 4.19. The third-order valence-corrected chi connectivity index (χ3v) is 5.88. The molecular weight excluding hydrogens is 310 g/mol. The van der Waals surface area contributed by atoms with Gasteiger partial charge in [-0.15, -0.1) is 0 Å². The maximum atomic E-state index is 12.5. The Labute approximate surface area is 152 Å². The lowest BCUT2D eigenvalue weighted by Crippen LogP contribution is -2.42. The molecule has 2 aliphatic rings. The molecule has 0 radical (unpaired) electrons. The monoisotopic (exact) mass is 343 g/mol. The summed E-state index contributed by atoms with van der Waals surface area (Å²) in [5.74, 6) is 0.375. The Morgan fingerprint density at radius 2 is 2.00 bits per heavy atom. The van der Waals surface area contributed by atoms with E-state index in [1.807, 2.05) is 0 Å². The lowest BCUT2D eigenvalue weighted by atomic mass is 9.92. The molecule has 1 unspecified atom stereocenters. The van der Waals surface area contributed by atoms with Crippen LogP contribution in [0.2, 0.25) is 0 Å². The first-order valence-electron chi connectivity index (χ1n) is 9.95. The number of carbonyl (C=O) groups excluding carboxylic acids is 1. The molecule has 0 aromatic heterocycles. The summed E-state index contributed by atoms with van der Waals surface area (Å²) in [4.78, 5) is 15.1. The molecule has 2 N–H and O–H groups in total. The molecule has 2 fully saturated rings. The Morgan fingerprint density at radius 1 is 1.20 bits per heavy atom. The van der Waals surface area contributed by atoms with Crippen molar-refractivity contribution in [1.29, 1.82) is 0 Å². The minimum Gasteiger partial charge on any atom is -0.352 e. The molecule has 4 nitrogen and oxygen atoms in total. The summed E-state index contributed by atoms with van der Waals surface area (Å²) < 4.78 is 0. The number of benzene rings is 1. The molecule has 2 heterocycles. The van der Waals surface area contributed by atoms with Crippen molar-refractivity contribution in [3.05, 3.63) is 35.4 Å². The van der Waals surface area contributed by atoms with E-state index < -0.39 is 0 Å². The van der Waals surface area contributed by atoms with Crippen molar-refractivity contribution in [2.24, 2.45) is 5.92 Å². The second-order valence-electron chi connectivity index (χ2n) is 7.88. The number of carbonyl (C=O) groups is 1. The molecule has 1 aromatic carbocycles. The maximum absolute atomic E-state index is 12.5. The Bertz CT molecular complexity index is 574. The van der Waals surface area contributed by atoms with Gasteiger partial charge in [0.25, 0.3) is 0 Å². The summed E-state index contributed by atoms with van der Waals surface area (Å²) in [5.41, 5.74) is 2.62. The van der Waals surface area contributed by atoms with Crippen LogP contribution in [0.25, 0.3) is 0 Å². The van der Waals surface area contributed by atoms with Gasteiger partial charge in [0.1, 0.15) is 0 Å². The third-order valence-electron chi connectivity index (χ3n) is 5.88.